The maximum atomic E-state index is 10.6. The predicted molar refractivity (Wildman–Crippen MR) is 170 cm³/mol. The van der Waals surface area contributed by atoms with Crippen LogP contribution < -0.4 is 0 Å². The Balaban J connectivity index is 2.03. The molecule has 0 amide bonds. The first-order valence-electron chi connectivity index (χ1n) is 13.1. The van der Waals surface area contributed by atoms with Crippen molar-refractivity contribution in [1.29, 1.82) is 31.6 Å². The Labute approximate surface area is 273 Å². The van der Waals surface area contributed by atoms with Crippen molar-refractivity contribution in [2.24, 2.45) is 0 Å². The van der Waals surface area contributed by atoms with Crippen molar-refractivity contribution in [3.63, 3.8) is 0 Å². The lowest BCUT2D eigenvalue weighted by atomic mass is 9.88. The van der Waals surface area contributed by atoms with Gasteiger partial charge in [-0.3, -0.25) is 9.69 Å². The Bertz CT molecular complexity index is 2510. The van der Waals surface area contributed by atoms with Gasteiger partial charge < -0.3 is 0 Å². The maximum absolute atomic E-state index is 10.6. The number of nitrogens with zero attached hydrogens (tertiary/aromatic N) is 11. The molecule has 0 aromatic heterocycles. The summed E-state index contributed by atoms with van der Waals surface area (Å²) in [6, 6.07) is 21.3. The molecule has 0 saturated carbocycles. The van der Waals surface area contributed by atoms with E-state index in [1.54, 1.807) is 0 Å². The molecule has 11 heteroatoms. The lowest BCUT2D eigenvalue weighted by molar-refractivity contribution is 1.41. The van der Waals surface area contributed by atoms with Gasteiger partial charge in [-0.15, -0.1) is 0 Å². The Kier molecular flexibility index (Phi) is 7.58. The number of rotatable bonds is 2. The van der Waals surface area contributed by atoms with Gasteiger partial charge in [0, 0.05) is 16.7 Å². The first-order valence-corrected chi connectivity index (χ1v) is 13.1. The van der Waals surface area contributed by atoms with Crippen LogP contribution in [0.15, 0.2) is 53.9 Å². The molecule has 2 aliphatic rings. The zero-order valence-electron chi connectivity index (χ0n) is 24.0. The number of nitriles is 6. The number of allylic oxidation sites excluding steroid dienone is 7. The van der Waals surface area contributed by atoms with Crippen LogP contribution in [0.1, 0.15) is 50.1 Å². The van der Waals surface area contributed by atoms with Crippen molar-refractivity contribution in [3.05, 3.63) is 161 Å². The van der Waals surface area contributed by atoms with E-state index in [0.717, 1.165) is 0 Å². The number of fused-ring (bicyclic) bond motifs is 2. The van der Waals surface area contributed by atoms with E-state index in [9.17, 15) is 31.6 Å². The van der Waals surface area contributed by atoms with Gasteiger partial charge in [-0.1, -0.05) is 24.3 Å². The van der Waals surface area contributed by atoms with Crippen molar-refractivity contribution < 1.29 is 0 Å². The second-order valence-electron chi connectivity index (χ2n) is 9.71. The van der Waals surface area contributed by atoms with E-state index in [2.05, 4.69) is 36.4 Å². The van der Waals surface area contributed by atoms with E-state index < -0.39 is 11.4 Å². The van der Waals surface area contributed by atoms with Crippen LogP contribution in [-0.4, -0.2) is 0 Å². The molecule has 0 N–H and O–H groups in total. The molecule has 0 spiro atoms. The van der Waals surface area contributed by atoms with Crippen LogP contribution in [-0.2, 0) is 0 Å². The van der Waals surface area contributed by atoms with E-state index in [1.807, 2.05) is 24.3 Å². The summed E-state index contributed by atoms with van der Waals surface area (Å²) in [6.07, 6.45) is 0. The van der Waals surface area contributed by atoms with Crippen molar-refractivity contribution in [2.75, 3.05) is 0 Å². The zero-order chi connectivity index (χ0) is 34.7. The molecule has 0 bridgehead atoms. The molecule has 2 aliphatic carbocycles. The third kappa shape index (κ3) is 4.19. The van der Waals surface area contributed by atoms with E-state index in [0.29, 0.717) is 0 Å². The first-order chi connectivity index (χ1) is 23.4. The highest BCUT2D eigenvalue weighted by Crippen LogP contribution is 2.57. The summed E-state index contributed by atoms with van der Waals surface area (Å²) in [5.74, 6) is 0. The van der Waals surface area contributed by atoms with Gasteiger partial charge in [-0.05, 0) is 57.2 Å². The molecular weight excluding hydrogens is 598 g/mol. The van der Waals surface area contributed by atoms with E-state index in [-0.39, 0.29) is 95.0 Å². The summed E-state index contributed by atoms with van der Waals surface area (Å²) >= 11 is 0. The van der Waals surface area contributed by atoms with Crippen molar-refractivity contribution >= 4 is 44.9 Å². The highest BCUT2D eigenvalue weighted by molar-refractivity contribution is 6.30. The minimum absolute atomic E-state index is 0.00141. The Morgan fingerprint density at radius 2 is 1.12 bits per heavy atom. The molecule has 0 atom stereocenters. The molecule has 0 saturated heterocycles. The van der Waals surface area contributed by atoms with E-state index in [1.165, 1.54) is 42.5 Å². The Morgan fingerprint density at radius 1 is 0.542 bits per heavy atom. The van der Waals surface area contributed by atoms with Gasteiger partial charge in [0.2, 0.25) is 5.70 Å². The van der Waals surface area contributed by atoms with Crippen LogP contribution >= 0.6 is 0 Å². The molecule has 0 radical (unpaired) electrons. The number of hydrogen-bond acceptors (Lipinski definition) is 6. The van der Waals surface area contributed by atoms with Gasteiger partial charge in [0.1, 0.15) is 18.2 Å². The van der Waals surface area contributed by atoms with E-state index in [4.69, 9.17) is 32.9 Å². The lowest BCUT2D eigenvalue weighted by Gasteiger charge is -2.14. The summed E-state index contributed by atoms with van der Waals surface area (Å²) in [5.41, 5.74) is -0.845. The minimum atomic E-state index is -0.465. The summed E-state index contributed by atoms with van der Waals surface area (Å²) in [7, 11) is 0. The standard InChI is InChI=1S/C37H7N11/c1-44-27-9-8-20(11-28(27)45-2)32-36(30(18-43)47-4)24-12-23-33(26(16-41)34(24)37(32)48-5)25(15-40)31(35(23)29(17-42)46-3)19-6-7-21(13-38)22(10-19)14-39/h6-12H/b35-29+,36-30-. The second-order valence-corrected chi connectivity index (χ2v) is 9.71. The summed E-state index contributed by atoms with van der Waals surface area (Å²) in [4.78, 5) is 17.2. The maximum Gasteiger partial charge on any atom is 0.270 e. The van der Waals surface area contributed by atoms with Gasteiger partial charge >= 0.3 is 0 Å². The summed E-state index contributed by atoms with van der Waals surface area (Å²) in [6.45, 7) is 38.6. The van der Waals surface area contributed by atoms with Crippen LogP contribution in [0.2, 0.25) is 0 Å². The van der Waals surface area contributed by atoms with Crippen molar-refractivity contribution in [3.8, 4) is 36.4 Å². The average molecular weight is 606 g/mol. The fourth-order valence-corrected chi connectivity index (χ4v) is 5.77. The molecule has 210 valence electrons. The number of benzene rings is 3. The fourth-order valence-electron chi connectivity index (χ4n) is 5.77. The monoisotopic (exact) mass is 605 g/mol. The topological polar surface area (TPSA) is 165 Å². The van der Waals surface area contributed by atoms with Crippen LogP contribution in [0.25, 0.3) is 57.8 Å². The normalized spacial score (nSPS) is 13.9. The SMILES string of the molecule is [C-]#[N+]C1=C(c2ccc([N+]#[C-])c([N+]#[C-])c2)/C(=C(/C#N)[N+]#[C-])c2cc3c(c(C#N)c21)C(C#N)=C(c1ccc(C#N)c(C#N)c1)/C3=C(\C#N)[N+]#[C-]. The molecule has 0 aliphatic heterocycles. The minimum Gasteiger partial charge on any atom is -0.250 e. The third-order valence-electron chi connectivity index (χ3n) is 7.64. The van der Waals surface area contributed by atoms with E-state index >= 15 is 0 Å². The average Bonchev–Trinajstić information content (AvgIpc) is 3.63. The molecule has 0 unspecified atom stereocenters. The number of hydrogen-bond donors (Lipinski definition) is 0. The highest BCUT2D eigenvalue weighted by atomic mass is 14.8. The largest absolute Gasteiger partial charge is 0.270 e. The zero-order valence-corrected chi connectivity index (χ0v) is 24.0. The fraction of sp³-hybridized carbons (Fsp3) is 0. The first kappa shape index (κ1) is 30.5. The quantitative estimate of drug-likeness (QED) is 0.212. The van der Waals surface area contributed by atoms with Crippen molar-refractivity contribution in [2.45, 2.75) is 0 Å². The van der Waals surface area contributed by atoms with Crippen molar-refractivity contribution in [1.82, 2.24) is 0 Å². The van der Waals surface area contributed by atoms with Crippen LogP contribution in [0.3, 0.4) is 0 Å². The highest BCUT2D eigenvalue weighted by Gasteiger charge is 2.40. The summed E-state index contributed by atoms with van der Waals surface area (Å²) in [5, 5.41) is 60.4. The van der Waals surface area contributed by atoms with Gasteiger partial charge in [-0.2, -0.15) is 21.0 Å². The van der Waals surface area contributed by atoms with Gasteiger partial charge in [0.05, 0.1) is 73.3 Å². The molecular formula is C37H7N11. The Hall–Kier alpha value is -8.99. The molecule has 48 heavy (non-hydrogen) atoms. The summed E-state index contributed by atoms with van der Waals surface area (Å²) < 4.78 is 0. The molecule has 5 rings (SSSR count). The second kappa shape index (κ2) is 11.9. The smallest absolute Gasteiger partial charge is 0.250 e. The molecule has 3 aromatic carbocycles. The molecule has 3 aromatic rings. The third-order valence-corrected chi connectivity index (χ3v) is 7.64. The van der Waals surface area contributed by atoms with Gasteiger partial charge in [0.25, 0.3) is 11.4 Å². The van der Waals surface area contributed by atoms with Gasteiger partial charge in [-0.25, -0.2) is 25.1 Å². The molecule has 0 heterocycles. The van der Waals surface area contributed by atoms with Gasteiger partial charge in [0.15, 0.2) is 11.4 Å². The molecule has 11 nitrogen and oxygen atoms in total. The Morgan fingerprint density at radius 3 is 1.65 bits per heavy atom. The lowest BCUT2D eigenvalue weighted by Crippen LogP contribution is -1.99. The van der Waals surface area contributed by atoms with Crippen LogP contribution in [0.4, 0.5) is 11.4 Å². The predicted octanol–water partition coefficient (Wildman–Crippen LogP) is 7.96. The van der Waals surface area contributed by atoms with Crippen LogP contribution in [0, 0.1) is 101 Å². The molecule has 0 fully saturated rings. The van der Waals surface area contributed by atoms with Crippen LogP contribution in [0.5, 0.6) is 0 Å².